The number of nitrogens with one attached hydrogen (secondary N) is 1. The van der Waals surface area contributed by atoms with Crippen LogP contribution in [0.25, 0.3) is 0 Å². The monoisotopic (exact) mass is 881 g/mol. The number of amides is 1. The molecular weight excluding hydrogens is 827 g/mol. The largest absolute Gasteiger partial charge is 0.456 e. The summed E-state index contributed by atoms with van der Waals surface area (Å²) in [7, 11) is 0. The van der Waals surface area contributed by atoms with Crippen LogP contribution in [0.2, 0.25) is 0 Å². The minimum absolute atomic E-state index is 0.0149. The number of aliphatic hydroxyl groups is 3. The number of fused-ring (bicyclic) bond motifs is 5. The molecule has 2 saturated carbocycles. The third-order valence-corrected chi connectivity index (χ3v) is 13.9. The third kappa shape index (κ3) is 7.82. The number of esters is 4. The summed E-state index contributed by atoms with van der Waals surface area (Å²) >= 11 is 0. The molecule has 2 bridgehead atoms. The molecule has 15 heteroatoms. The summed E-state index contributed by atoms with van der Waals surface area (Å²) in [4.78, 5) is 84.5. The number of aliphatic hydroxyl groups excluding tert-OH is 2. The fourth-order valence-electron chi connectivity index (χ4n) is 10.4. The molecule has 11 atom stereocenters. The van der Waals surface area contributed by atoms with Gasteiger partial charge in [-0.25, -0.2) is 9.59 Å². The lowest BCUT2D eigenvalue weighted by molar-refractivity contribution is -0.346. The predicted molar refractivity (Wildman–Crippen MR) is 227 cm³/mol. The lowest BCUT2D eigenvalue weighted by Gasteiger charge is -2.67. The van der Waals surface area contributed by atoms with E-state index in [2.05, 4.69) is 5.32 Å². The Morgan fingerprint density at radius 3 is 2.03 bits per heavy atom. The number of Topliss-reactive ketones (excluding diaryl/α,β-unsaturated/α-hetero) is 1. The molecule has 1 amide bonds. The minimum atomic E-state index is -2.39. The van der Waals surface area contributed by atoms with Crippen LogP contribution in [0.1, 0.15) is 99.5 Å². The number of rotatable bonds is 12. The highest BCUT2D eigenvalue weighted by Gasteiger charge is 2.78. The van der Waals surface area contributed by atoms with Crippen LogP contribution in [0.15, 0.2) is 102 Å². The summed E-state index contributed by atoms with van der Waals surface area (Å²) in [6.45, 7) is 8.71. The Hall–Kier alpha value is -5.74. The van der Waals surface area contributed by atoms with E-state index in [0.29, 0.717) is 12.0 Å². The number of benzene rings is 3. The fraction of sp³-hybridized carbons (Fsp3) is 0.469. The lowest BCUT2D eigenvalue weighted by atomic mass is 9.44. The number of hydrogen-bond donors (Lipinski definition) is 4. The maximum absolute atomic E-state index is 15.7. The summed E-state index contributed by atoms with van der Waals surface area (Å²) in [5.74, 6) is -6.69. The van der Waals surface area contributed by atoms with Crippen molar-refractivity contribution < 1.29 is 67.8 Å². The van der Waals surface area contributed by atoms with Crippen LogP contribution in [-0.2, 0) is 42.9 Å². The summed E-state index contributed by atoms with van der Waals surface area (Å²) in [5, 5.41) is 40.5. The van der Waals surface area contributed by atoms with Gasteiger partial charge in [-0.05, 0) is 61.2 Å². The number of ketones is 1. The number of carbonyl (C=O) groups is 6. The first-order chi connectivity index (χ1) is 30.3. The topological polar surface area (TPSA) is 221 Å². The summed E-state index contributed by atoms with van der Waals surface area (Å²) < 4.78 is 30.7. The van der Waals surface area contributed by atoms with Crippen molar-refractivity contribution in [3.8, 4) is 0 Å². The predicted octanol–water partition coefficient (Wildman–Crippen LogP) is 4.52. The van der Waals surface area contributed by atoms with Crippen molar-refractivity contribution >= 4 is 35.6 Å². The molecule has 3 fully saturated rings. The minimum Gasteiger partial charge on any atom is -0.456 e. The van der Waals surface area contributed by atoms with E-state index in [4.69, 9.17) is 23.7 Å². The smallest absolute Gasteiger partial charge is 0.338 e. The van der Waals surface area contributed by atoms with Gasteiger partial charge < -0.3 is 44.3 Å². The molecule has 1 heterocycles. The van der Waals surface area contributed by atoms with Gasteiger partial charge in [-0.1, -0.05) is 87.5 Å². The Bertz CT molecular complexity index is 2320. The van der Waals surface area contributed by atoms with Crippen LogP contribution in [-0.4, -0.2) is 105 Å². The quantitative estimate of drug-likeness (QED) is 0.112. The molecule has 7 rings (SSSR count). The van der Waals surface area contributed by atoms with Gasteiger partial charge in [-0.15, -0.1) is 0 Å². The maximum Gasteiger partial charge on any atom is 0.338 e. The highest BCUT2D eigenvalue weighted by molar-refractivity contribution is 5.96. The Morgan fingerprint density at radius 1 is 0.875 bits per heavy atom. The Morgan fingerprint density at radius 2 is 1.47 bits per heavy atom. The van der Waals surface area contributed by atoms with E-state index in [1.165, 1.54) is 19.1 Å². The van der Waals surface area contributed by atoms with E-state index in [0.717, 1.165) is 6.92 Å². The second kappa shape index (κ2) is 17.7. The van der Waals surface area contributed by atoms with Gasteiger partial charge in [0.1, 0.15) is 23.9 Å². The van der Waals surface area contributed by atoms with E-state index in [1.54, 1.807) is 107 Å². The number of hydrogen-bond acceptors (Lipinski definition) is 14. The van der Waals surface area contributed by atoms with Crippen molar-refractivity contribution in [2.45, 2.75) is 121 Å². The molecule has 0 spiro atoms. The third-order valence-electron chi connectivity index (χ3n) is 13.9. The standard InChI is InChI=1S/C49H55NO14/c1-7-17-35(53)62-39-36-27(2)32(61-45(58)38(54)37(29-18-11-8-12-19-29)50-43(56)30-20-13-9-14-21-30)25-49(59,46(36,4)5)42(63-44(57)31-22-15-10-16-23-31)40-47(6,41(39)55)33(52)24-34-48(40,26-60-34)64-28(3)51/h8-16,18-23,32-34,37-40,42,52,54,59H,7,17,24-26H2,1-6H3,(H,50,56)/t32-,33-,34+,37-,38+,39+,40-,42-,47+,48-,49+/m0/s1. The summed E-state index contributed by atoms with van der Waals surface area (Å²) in [6, 6.07) is 23.0. The van der Waals surface area contributed by atoms with Gasteiger partial charge in [0.2, 0.25) is 0 Å². The lowest BCUT2D eigenvalue weighted by Crippen LogP contribution is -2.82. The van der Waals surface area contributed by atoms with Crippen molar-refractivity contribution in [1.82, 2.24) is 5.32 Å². The molecule has 340 valence electrons. The highest BCUT2D eigenvalue weighted by atomic mass is 16.6. The Kier molecular flexibility index (Phi) is 12.8. The van der Waals surface area contributed by atoms with Gasteiger partial charge in [-0.3, -0.25) is 19.2 Å². The van der Waals surface area contributed by atoms with E-state index in [9.17, 15) is 39.3 Å². The van der Waals surface area contributed by atoms with Crippen molar-refractivity contribution in [1.29, 1.82) is 0 Å². The zero-order chi connectivity index (χ0) is 46.4. The average molecular weight is 882 g/mol. The van der Waals surface area contributed by atoms with Gasteiger partial charge in [-0.2, -0.15) is 0 Å². The van der Waals surface area contributed by atoms with E-state index in [1.807, 2.05) is 0 Å². The molecular formula is C49H55NO14. The van der Waals surface area contributed by atoms with Crippen LogP contribution in [0, 0.1) is 16.7 Å². The van der Waals surface area contributed by atoms with Crippen molar-refractivity contribution in [2.24, 2.45) is 16.7 Å². The molecule has 0 aromatic heterocycles. The van der Waals surface area contributed by atoms with Crippen molar-refractivity contribution in [3.05, 3.63) is 119 Å². The molecule has 0 unspecified atom stereocenters. The normalized spacial score (nSPS) is 31.2. The van der Waals surface area contributed by atoms with Crippen LogP contribution >= 0.6 is 0 Å². The first-order valence-electron chi connectivity index (χ1n) is 21.5. The summed E-state index contributed by atoms with van der Waals surface area (Å²) in [5.41, 5.74) is -6.99. The van der Waals surface area contributed by atoms with Crippen molar-refractivity contribution in [3.63, 3.8) is 0 Å². The first kappa shape index (κ1) is 46.3. The molecule has 0 radical (unpaired) electrons. The SMILES string of the molecule is CCCC(=O)O[C@H]1C(=O)[C@@]2(C)[C@H]([C@H](OC(=O)c3ccccc3)[C@]3(O)C[C@H](OC(=O)[C@H](O)[C@@H](NC(=O)c4ccccc4)c4ccccc4)C(C)=C1C3(C)C)[C@]1(OC(C)=O)CO[C@@H]1C[C@@H]2O. The second-order valence-electron chi connectivity index (χ2n) is 18.0. The van der Waals surface area contributed by atoms with Gasteiger partial charge >= 0.3 is 23.9 Å². The van der Waals surface area contributed by atoms with Gasteiger partial charge in [0.05, 0.1) is 35.6 Å². The molecule has 4 aliphatic rings. The zero-order valence-electron chi connectivity index (χ0n) is 36.6. The highest BCUT2D eigenvalue weighted by Crippen LogP contribution is 2.64. The first-order valence-corrected chi connectivity index (χ1v) is 21.5. The molecule has 64 heavy (non-hydrogen) atoms. The van der Waals surface area contributed by atoms with E-state index in [-0.39, 0.29) is 41.7 Å². The molecule has 1 saturated heterocycles. The summed E-state index contributed by atoms with van der Waals surface area (Å²) in [6.07, 6.45) is -10.3. The second-order valence-corrected chi connectivity index (χ2v) is 18.0. The average Bonchev–Trinajstić information content (AvgIpc) is 3.27. The molecule has 1 aliphatic heterocycles. The molecule has 3 aliphatic carbocycles. The Balaban J connectivity index is 1.40. The molecule has 3 aromatic rings. The van der Waals surface area contributed by atoms with Crippen LogP contribution in [0.4, 0.5) is 0 Å². The van der Waals surface area contributed by atoms with Crippen LogP contribution < -0.4 is 5.32 Å². The van der Waals surface area contributed by atoms with Crippen molar-refractivity contribution in [2.75, 3.05) is 6.61 Å². The number of ether oxygens (including phenoxy) is 5. The van der Waals surface area contributed by atoms with Gasteiger partial charge in [0.25, 0.3) is 5.91 Å². The Labute approximate surface area is 371 Å². The zero-order valence-corrected chi connectivity index (χ0v) is 36.6. The van der Waals surface area contributed by atoms with Crippen LogP contribution in [0.5, 0.6) is 0 Å². The maximum atomic E-state index is 15.7. The fourth-order valence-corrected chi connectivity index (χ4v) is 10.4. The van der Waals surface area contributed by atoms with E-state index >= 15 is 4.79 Å². The molecule has 3 aromatic carbocycles. The molecule has 15 nitrogen and oxygen atoms in total. The van der Waals surface area contributed by atoms with Crippen LogP contribution in [0.3, 0.4) is 0 Å². The molecule has 4 N–H and O–H groups in total. The number of carbonyl (C=O) groups excluding carboxylic acids is 6. The van der Waals surface area contributed by atoms with Gasteiger partial charge in [0.15, 0.2) is 23.6 Å². The van der Waals surface area contributed by atoms with Gasteiger partial charge in [0, 0.05) is 37.2 Å². The van der Waals surface area contributed by atoms with E-state index < -0.39 is 113 Å².